The maximum Gasteiger partial charge on any atom is 0.267 e. The highest BCUT2D eigenvalue weighted by molar-refractivity contribution is 7.18. The number of carbonyl (C=O) groups is 1. The second-order valence-corrected chi connectivity index (χ2v) is 7.06. The van der Waals surface area contributed by atoms with Gasteiger partial charge in [-0.2, -0.15) is 0 Å². The zero-order valence-electron chi connectivity index (χ0n) is 12.4. The number of aromatic nitrogens is 1. The molecule has 3 rings (SSSR count). The third-order valence-electron chi connectivity index (χ3n) is 4.42. The van der Waals surface area contributed by atoms with Crippen molar-refractivity contribution in [3.8, 4) is 0 Å². The molecule has 0 radical (unpaired) electrons. The van der Waals surface area contributed by atoms with Crippen LogP contribution in [0.4, 0.5) is 10.9 Å². The lowest BCUT2D eigenvalue weighted by molar-refractivity contribution is 0.0748. The lowest BCUT2D eigenvalue weighted by atomic mass is 9.93. The summed E-state index contributed by atoms with van der Waals surface area (Å²) < 4.78 is 0. The Morgan fingerprint density at radius 3 is 2.43 bits per heavy atom. The van der Waals surface area contributed by atoms with Crippen molar-refractivity contribution >= 4 is 28.2 Å². The van der Waals surface area contributed by atoms with E-state index in [9.17, 15) is 4.79 Å². The van der Waals surface area contributed by atoms with Gasteiger partial charge >= 0.3 is 0 Å². The molecule has 1 aromatic rings. The summed E-state index contributed by atoms with van der Waals surface area (Å²) in [5, 5.41) is 4.18. The number of carbonyl (C=O) groups excluding carboxylic acids is 1. The maximum absolute atomic E-state index is 12.7. The van der Waals surface area contributed by atoms with Gasteiger partial charge in [-0.25, -0.2) is 4.98 Å². The van der Waals surface area contributed by atoms with E-state index in [1.807, 2.05) is 4.90 Å². The van der Waals surface area contributed by atoms with E-state index < -0.39 is 0 Å². The van der Waals surface area contributed by atoms with E-state index in [0.717, 1.165) is 31.1 Å². The van der Waals surface area contributed by atoms with Gasteiger partial charge in [-0.05, 0) is 32.1 Å². The zero-order chi connectivity index (χ0) is 14.7. The summed E-state index contributed by atoms with van der Waals surface area (Å²) in [6.45, 7) is 1.70. The Balaban J connectivity index is 1.67. The highest BCUT2D eigenvalue weighted by atomic mass is 32.1. The molecule has 6 heteroatoms. The van der Waals surface area contributed by atoms with E-state index in [2.05, 4.69) is 10.3 Å². The minimum absolute atomic E-state index is 0.0635. The molecule has 1 aromatic heterocycles. The predicted octanol–water partition coefficient (Wildman–Crippen LogP) is 3.10. The molecule has 1 aliphatic carbocycles. The van der Waals surface area contributed by atoms with Gasteiger partial charge < -0.3 is 16.0 Å². The molecule has 0 spiro atoms. The molecule has 2 fully saturated rings. The first-order valence-electron chi connectivity index (χ1n) is 8.06. The number of thiazole rings is 1. The molecule has 0 unspecified atom stereocenters. The minimum atomic E-state index is 0.0635. The van der Waals surface area contributed by atoms with Crippen molar-refractivity contribution in [2.24, 2.45) is 0 Å². The molecule has 2 aliphatic rings. The largest absolute Gasteiger partial charge is 0.382 e. The molecule has 2 heterocycles. The maximum atomic E-state index is 12.7. The Kier molecular flexibility index (Phi) is 4.63. The lowest BCUT2D eigenvalue weighted by Crippen LogP contribution is -2.33. The van der Waals surface area contributed by atoms with Crippen molar-refractivity contribution in [3.05, 3.63) is 4.88 Å². The number of hydrogen-bond acceptors (Lipinski definition) is 5. The number of nitrogens with zero attached hydrogens (tertiary/aromatic N) is 2. The number of nitrogens with two attached hydrogens (primary N) is 1. The van der Waals surface area contributed by atoms with Gasteiger partial charge in [0, 0.05) is 19.1 Å². The third-order valence-corrected chi connectivity index (χ3v) is 5.41. The number of anilines is 2. The van der Waals surface area contributed by atoms with Gasteiger partial charge in [-0.15, -0.1) is 0 Å². The van der Waals surface area contributed by atoms with Crippen molar-refractivity contribution in [3.63, 3.8) is 0 Å². The second-order valence-electron chi connectivity index (χ2n) is 6.07. The molecule has 5 nitrogen and oxygen atoms in total. The van der Waals surface area contributed by atoms with Crippen molar-refractivity contribution in [2.75, 3.05) is 24.1 Å². The Bertz CT molecular complexity index is 490. The van der Waals surface area contributed by atoms with Gasteiger partial charge in [-0.3, -0.25) is 4.79 Å². The number of hydrogen-bond donors (Lipinski definition) is 2. The van der Waals surface area contributed by atoms with Crippen LogP contribution < -0.4 is 11.1 Å². The molecule has 3 N–H and O–H groups in total. The van der Waals surface area contributed by atoms with Crippen LogP contribution in [0.15, 0.2) is 0 Å². The van der Waals surface area contributed by atoms with Crippen molar-refractivity contribution in [1.29, 1.82) is 0 Å². The number of likely N-dealkylation sites (tertiary alicyclic amines) is 1. The first kappa shape index (κ1) is 14.6. The van der Waals surface area contributed by atoms with Crippen LogP contribution in [-0.2, 0) is 0 Å². The first-order valence-corrected chi connectivity index (χ1v) is 8.88. The standard InChI is InChI=1S/C15H24N4OS/c16-13-12(21-15(18-13)17-11-7-6-8-11)14(20)19-9-4-2-1-3-5-10-19/h11H,1-10,16H2,(H,17,18). The van der Waals surface area contributed by atoms with Crippen LogP contribution >= 0.6 is 11.3 Å². The highest BCUT2D eigenvalue weighted by Gasteiger charge is 2.24. The Hall–Kier alpha value is -1.30. The van der Waals surface area contributed by atoms with Crippen LogP contribution in [0.1, 0.15) is 61.0 Å². The van der Waals surface area contributed by atoms with Crippen LogP contribution in [-0.4, -0.2) is 34.9 Å². The first-order chi connectivity index (χ1) is 10.2. The van der Waals surface area contributed by atoms with Gasteiger partial charge in [0.2, 0.25) is 0 Å². The second kappa shape index (κ2) is 6.64. The quantitative estimate of drug-likeness (QED) is 0.900. The van der Waals surface area contributed by atoms with Gasteiger partial charge in [-0.1, -0.05) is 30.6 Å². The van der Waals surface area contributed by atoms with Gasteiger partial charge in [0.25, 0.3) is 5.91 Å². The SMILES string of the molecule is Nc1nc(NC2CCC2)sc1C(=O)N1CCCCCCC1. The molecule has 1 saturated carbocycles. The lowest BCUT2D eigenvalue weighted by Gasteiger charge is -2.26. The van der Waals surface area contributed by atoms with E-state index in [4.69, 9.17) is 5.73 Å². The molecular weight excluding hydrogens is 284 g/mol. The van der Waals surface area contributed by atoms with Gasteiger partial charge in [0.1, 0.15) is 10.7 Å². The van der Waals surface area contributed by atoms with Gasteiger partial charge in [0.15, 0.2) is 5.13 Å². The Morgan fingerprint density at radius 2 is 1.81 bits per heavy atom. The van der Waals surface area contributed by atoms with E-state index in [1.54, 1.807) is 0 Å². The number of amides is 1. The van der Waals surface area contributed by atoms with E-state index >= 15 is 0 Å². The van der Waals surface area contributed by atoms with Crippen molar-refractivity contribution in [2.45, 2.75) is 57.4 Å². The molecule has 0 aromatic carbocycles. The van der Waals surface area contributed by atoms with E-state index in [0.29, 0.717) is 16.7 Å². The Morgan fingerprint density at radius 1 is 1.14 bits per heavy atom. The fourth-order valence-corrected chi connectivity index (χ4v) is 3.80. The number of nitrogen functional groups attached to an aromatic ring is 1. The molecule has 0 atom stereocenters. The molecule has 1 amide bonds. The van der Waals surface area contributed by atoms with Gasteiger partial charge in [0.05, 0.1) is 0 Å². The molecule has 116 valence electrons. The summed E-state index contributed by atoms with van der Waals surface area (Å²) in [7, 11) is 0. The van der Waals surface area contributed by atoms with Crippen LogP contribution in [0.2, 0.25) is 0 Å². The highest BCUT2D eigenvalue weighted by Crippen LogP contribution is 2.30. The molecule has 21 heavy (non-hydrogen) atoms. The predicted molar refractivity (Wildman–Crippen MR) is 86.8 cm³/mol. The molecule has 0 bridgehead atoms. The summed E-state index contributed by atoms with van der Waals surface area (Å²) in [6.07, 6.45) is 9.57. The fraction of sp³-hybridized carbons (Fsp3) is 0.733. The van der Waals surface area contributed by atoms with Crippen LogP contribution in [0, 0.1) is 0 Å². The summed E-state index contributed by atoms with van der Waals surface area (Å²) in [5.41, 5.74) is 5.97. The smallest absolute Gasteiger partial charge is 0.267 e. The number of nitrogens with one attached hydrogen (secondary N) is 1. The molecular formula is C15H24N4OS. The average Bonchev–Trinajstić information content (AvgIpc) is 2.74. The Labute approximate surface area is 129 Å². The normalized spacial score (nSPS) is 20.5. The monoisotopic (exact) mass is 308 g/mol. The summed E-state index contributed by atoms with van der Waals surface area (Å²) in [6, 6.07) is 0.514. The zero-order valence-corrected chi connectivity index (χ0v) is 13.3. The van der Waals surface area contributed by atoms with Crippen molar-refractivity contribution in [1.82, 2.24) is 9.88 Å². The van der Waals surface area contributed by atoms with Crippen LogP contribution in [0.25, 0.3) is 0 Å². The minimum Gasteiger partial charge on any atom is -0.382 e. The average molecular weight is 308 g/mol. The summed E-state index contributed by atoms with van der Waals surface area (Å²) in [4.78, 5) is 19.5. The molecule has 1 aliphatic heterocycles. The van der Waals surface area contributed by atoms with E-state index in [-0.39, 0.29) is 5.91 Å². The fourth-order valence-electron chi connectivity index (χ4n) is 2.87. The van der Waals surface area contributed by atoms with E-state index in [1.165, 1.54) is 49.9 Å². The van der Waals surface area contributed by atoms with Crippen LogP contribution in [0.5, 0.6) is 0 Å². The topological polar surface area (TPSA) is 71.2 Å². The summed E-state index contributed by atoms with van der Waals surface area (Å²) >= 11 is 1.41. The number of rotatable bonds is 3. The van der Waals surface area contributed by atoms with Crippen molar-refractivity contribution < 1.29 is 4.79 Å². The summed E-state index contributed by atoms with van der Waals surface area (Å²) in [5.74, 6) is 0.447. The third kappa shape index (κ3) is 3.48. The molecule has 1 saturated heterocycles. The van der Waals surface area contributed by atoms with Crippen LogP contribution in [0.3, 0.4) is 0 Å².